The molecule has 0 spiro atoms. The smallest absolute Gasteiger partial charge is 0.296 e. The first-order chi connectivity index (χ1) is 17.7. The monoisotopic (exact) mass is 503 g/mol. The number of carbonyl (C=O) groups is 1. The lowest BCUT2D eigenvalue weighted by Gasteiger charge is -2.35. The van der Waals surface area contributed by atoms with Crippen molar-refractivity contribution in [2.45, 2.75) is 44.7 Å². The molecule has 6 rings (SSSR count). The Balaban J connectivity index is 1.37. The summed E-state index contributed by atoms with van der Waals surface area (Å²) in [5.74, 6) is -0.247. The third-order valence-electron chi connectivity index (χ3n) is 7.40. The summed E-state index contributed by atoms with van der Waals surface area (Å²) in [5, 5.41) is 18.1. The normalized spacial score (nSPS) is 20.1. The number of hydrogen-bond acceptors (Lipinski definition) is 6. The summed E-state index contributed by atoms with van der Waals surface area (Å²) in [7, 11) is 1.74. The van der Waals surface area contributed by atoms with E-state index in [9.17, 15) is 19.1 Å². The zero-order chi connectivity index (χ0) is 25.9. The third-order valence-corrected chi connectivity index (χ3v) is 7.40. The molecule has 1 aliphatic carbocycles. The van der Waals surface area contributed by atoms with Crippen LogP contribution in [-0.2, 0) is 25.6 Å². The van der Waals surface area contributed by atoms with Crippen LogP contribution < -0.4 is 10.9 Å². The first kappa shape index (κ1) is 23.1. The molecule has 1 aliphatic heterocycles. The summed E-state index contributed by atoms with van der Waals surface area (Å²) in [6, 6.07) is 6.53. The molecule has 1 amide bonds. The highest BCUT2D eigenvalue weighted by Gasteiger charge is 2.49. The molecule has 10 nitrogen and oxygen atoms in total. The molecule has 4 aromatic rings. The molecule has 1 fully saturated rings. The van der Waals surface area contributed by atoms with E-state index in [2.05, 4.69) is 20.4 Å². The summed E-state index contributed by atoms with van der Waals surface area (Å²) in [6.45, 7) is 2.14. The van der Waals surface area contributed by atoms with E-state index in [0.717, 1.165) is 17.7 Å². The molecule has 2 aliphatic rings. The molecule has 190 valence electrons. The minimum atomic E-state index is -0.847. The van der Waals surface area contributed by atoms with Gasteiger partial charge in [0.05, 0.1) is 5.54 Å². The molecule has 11 heteroatoms. The number of rotatable bonds is 5. The van der Waals surface area contributed by atoms with Gasteiger partial charge in [0.25, 0.3) is 11.5 Å². The summed E-state index contributed by atoms with van der Waals surface area (Å²) in [4.78, 5) is 38.5. The maximum Gasteiger partial charge on any atom is 0.296 e. The van der Waals surface area contributed by atoms with E-state index in [1.54, 1.807) is 49.2 Å². The Morgan fingerprint density at radius 2 is 2.19 bits per heavy atom. The van der Waals surface area contributed by atoms with E-state index < -0.39 is 16.8 Å². The Kier molecular flexibility index (Phi) is 5.25. The highest BCUT2D eigenvalue weighted by atomic mass is 19.1. The lowest BCUT2D eigenvalue weighted by atomic mass is 9.90. The fourth-order valence-corrected chi connectivity index (χ4v) is 5.60. The molecule has 2 atom stereocenters. The Labute approximate surface area is 211 Å². The number of aryl methyl sites for hydroxylation is 2. The predicted molar refractivity (Wildman–Crippen MR) is 131 cm³/mol. The quantitative estimate of drug-likeness (QED) is 0.384. The van der Waals surface area contributed by atoms with Gasteiger partial charge in [-0.25, -0.2) is 14.4 Å². The average molecular weight is 504 g/mol. The van der Waals surface area contributed by atoms with Crippen molar-refractivity contribution in [2.24, 2.45) is 13.0 Å². The second-order valence-corrected chi connectivity index (χ2v) is 10.1. The Morgan fingerprint density at radius 1 is 1.35 bits per heavy atom. The number of nitrogens with one attached hydrogen (secondary N) is 2. The van der Waals surface area contributed by atoms with E-state index >= 15 is 0 Å². The molecule has 3 aromatic heterocycles. The second kappa shape index (κ2) is 8.39. The van der Waals surface area contributed by atoms with Crippen LogP contribution in [0.2, 0.25) is 0 Å². The predicted octanol–water partition coefficient (Wildman–Crippen LogP) is 2.55. The largest absolute Gasteiger partial charge is 0.501 e. The third kappa shape index (κ3) is 3.90. The molecule has 2 bridgehead atoms. The first-order valence-electron chi connectivity index (χ1n) is 12.2. The number of aromatic hydroxyl groups is 1. The van der Waals surface area contributed by atoms with Crippen molar-refractivity contribution < 1.29 is 14.3 Å². The Morgan fingerprint density at radius 3 is 2.95 bits per heavy atom. The van der Waals surface area contributed by atoms with Crippen molar-refractivity contribution in [1.29, 1.82) is 0 Å². The maximum atomic E-state index is 13.6. The summed E-state index contributed by atoms with van der Waals surface area (Å²) in [5.41, 5.74) is 1.08. The molecule has 1 aromatic carbocycles. The van der Waals surface area contributed by atoms with Crippen LogP contribution in [0.1, 0.15) is 52.4 Å². The molecule has 4 heterocycles. The first-order valence-corrected chi connectivity index (χ1v) is 12.2. The molecular formula is C26H26FN7O3. The van der Waals surface area contributed by atoms with E-state index in [0.29, 0.717) is 37.2 Å². The lowest BCUT2D eigenvalue weighted by molar-refractivity contribution is 0.0872. The van der Waals surface area contributed by atoms with Crippen LogP contribution in [0.25, 0.3) is 11.5 Å². The van der Waals surface area contributed by atoms with Gasteiger partial charge in [-0.2, -0.15) is 5.10 Å². The number of aromatic nitrogens is 6. The molecule has 37 heavy (non-hydrogen) atoms. The number of hydrogen-bond donors (Lipinski definition) is 3. The molecule has 0 saturated heterocycles. The number of benzene rings is 1. The minimum Gasteiger partial charge on any atom is -0.501 e. The van der Waals surface area contributed by atoms with Gasteiger partial charge < -0.3 is 15.4 Å². The lowest BCUT2D eigenvalue weighted by Crippen LogP contribution is -2.50. The average Bonchev–Trinajstić information content (AvgIpc) is 3.59. The zero-order valence-corrected chi connectivity index (χ0v) is 20.5. The SMILES string of the molecule is Cc1cc(Cc2cnc(-c3nc4n(c(=O)c3O)CC3CCC4(NC(=O)c4ccn(C)n4)C3)[nH]2)ccc1F. The summed E-state index contributed by atoms with van der Waals surface area (Å²) < 4.78 is 16.7. The van der Waals surface area contributed by atoms with Crippen molar-refractivity contribution in [3.8, 4) is 17.3 Å². The van der Waals surface area contributed by atoms with Gasteiger partial charge in [-0.1, -0.05) is 12.1 Å². The van der Waals surface area contributed by atoms with Crippen molar-refractivity contribution in [1.82, 2.24) is 34.6 Å². The van der Waals surface area contributed by atoms with Gasteiger partial charge in [-0.3, -0.25) is 18.8 Å². The van der Waals surface area contributed by atoms with Crippen LogP contribution in [-0.4, -0.2) is 40.3 Å². The number of H-pyrrole nitrogens is 1. The van der Waals surface area contributed by atoms with Crippen LogP contribution in [0, 0.1) is 18.7 Å². The van der Waals surface area contributed by atoms with Crippen LogP contribution in [0.3, 0.4) is 0 Å². The van der Waals surface area contributed by atoms with Crippen LogP contribution in [0.15, 0.2) is 41.5 Å². The minimum absolute atomic E-state index is 0.0367. The number of aromatic amines is 1. The zero-order valence-electron chi connectivity index (χ0n) is 20.5. The highest BCUT2D eigenvalue weighted by molar-refractivity contribution is 5.92. The molecule has 1 saturated carbocycles. The number of fused-ring (bicyclic) bond motifs is 4. The number of imidazole rings is 1. The molecular weight excluding hydrogens is 477 g/mol. The van der Waals surface area contributed by atoms with E-state index in [1.807, 2.05) is 0 Å². The number of carbonyl (C=O) groups excluding carboxylic acids is 1. The fraction of sp³-hybridized carbons (Fsp3) is 0.346. The number of amides is 1. The van der Waals surface area contributed by atoms with Crippen molar-refractivity contribution in [2.75, 3.05) is 0 Å². The van der Waals surface area contributed by atoms with Crippen molar-refractivity contribution >= 4 is 5.91 Å². The van der Waals surface area contributed by atoms with Crippen LogP contribution >= 0.6 is 0 Å². The van der Waals surface area contributed by atoms with E-state index in [-0.39, 0.29) is 34.9 Å². The van der Waals surface area contributed by atoms with Gasteiger partial charge in [0.2, 0.25) is 5.75 Å². The van der Waals surface area contributed by atoms with Crippen LogP contribution in [0.5, 0.6) is 5.75 Å². The topological polar surface area (TPSA) is 131 Å². The Hall–Kier alpha value is -4.28. The van der Waals surface area contributed by atoms with Crippen molar-refractivity contribution in [3.63, 3.8) is 0 Å². The number of nitrogens with zero attached hydrogens (tertiary/aromatic N) is 5. The Bertz CT molecular complexity index is 1600. The second-order valence-electron chi connectivity index (χ2n) is 10.1. The fourth-order valence-electron chi connectivity index (χ4n) is 5.60. The van der Waals surface area contributed by atoms with Gasteiger partial charge in [0, 0.05) is 38.1 Å². The molecule has 2 unspecified atom stereocenters. The van der Waals surface area contributed by atoms with Gasteiger partial charge >= 0.3 is 0 Å². The van der Waals surface area contributed by atoms with Gasteiger partial charge in [0.15, 0.2) is 11.5 Å². The molecule has 0 radical (unpaired) electrons. The summed E-state index contributed by atoms with van der Waals surface area (Å²) >= 11 is 0. The maximum absolute atomic E-state index is 13.6. The molecule has 3 N–H and O–H groups in total. The standard InChI is InChI=1S/C26H26FN7O3/c1-14-9-15(3-4-18(14)27)10-17-12-28-22(29-17)20-21(35)24(37)34-13-16-5-7-26(11-16,25(34)30-20)31-23(36)19-6-8-33(2)32-19/h3-4,6,8-9,12,16,35H,5,7,10-11,13H2,1-2H3,(H,28,29)(H,31,36). The van der Waals surface area contributed by atoms with Crippen molar-refractivity contribution in [3.05, 3.63) is 81.2 Å². The number of halogens is 1. The van der Waals surface area contributed by atoms with E-state index in [4.69, 9.17) is 4.98 Å². The van der Waals surface area contributed by atoms with Gasteiger partial charge in [0.1, 0.15) is 17.3 Å². The van der Waals surface area contributed by atoms with Gasteiger partial charge in [-0.05, 0) is 55.4 Å². The van der Waals surface area contributed by atoms with E-state index in [1.165, 1.54) is 10.6 Å². The highest BCUT2D eigenvalue weighted by Crippen LogP contribution is 2.46. The van der Waals surface area contributed by atoms with Gasteiger partial charge in [-0.15, -0.1) is 0 Å². The summed E-state index contributed by atoms with van der Waals surface area (Å²) in [6.07, 6.45) is 5.86. The van der Waals surface area contributed by atoms with Crippen LogP contribution in [0.4, 0.5) is 4.39 Å².